The maximum Gasteiger partial charge on any atom is 0.168 e. The predicted octanol–water partition coefficient (Wildman–Crippen LogP) is 1.22. The van der Waals surface area contributed by atoms with Gasteiger partial charge in [-0.25, -0.2) is 0 Å². The van der Waals surface area contributed by atoms with Crippen LogP contribution in [0, 0.1) is 5.92 Å². The van der Waals surface area contributed by atoms with Crippen LogP contribution in [0.25, 0.3) is 0 Å². The molecule has 0 aromatic carbocycles. The normalized spacial score (nSPS) is 20.0. The van der Waals surface area contributed by atoms with Gasteiger partial charge in [0.05, 0.1) is 0 Å². The minimum Gasteiger partial charge on any atom is -0.366 e. The zero-order chi connectivity index (χ0) is 8.27. The zero-order valence-electron chi connectivity index (χ0n) is 7.26. The molecule has 0 atom stereocenters. The van der Waals surface area contributed by atoms with Gasteiger partial charge in [0, 0.05) is 20.1 Å². The summed E-state index contributed by atoms with van der Waals surface area (Å²) in [6.45, 7) is 4.56. The summed E-state index contributed by atoms with van der Waals surface area (Å²) in [4.78, 5) is 2.25. The third-order valence-electron chi connectivity index (χ3n) is 2.28. The molecule has 1 aliphatic heterocycles. The van der Waals surface area contributed by atoms with Gasteiger partial charge in [0.25, 0.3) is 0 Å². The number of hydrogen-bond acceptors (Lipinski definition) is 1. The topological polar surface area (TPSA) is 15.3 Å². The molecule has 0 aliphatic carbocycles. The molecule has 3 heteroatoms. The van der Waals surface area contributed by atoms with Crippen LogP contribution in [0.5, 0.6) is 0 Å². The average molecular weight is 172 g/mol. The summed E-state index contributed by atoms with van der Waals surface area (Å²) < 4.78 is 0. The number of hydrogen-bond donors (Lipinski definition) is 1. The second-order valence-corrected chi connectivity index (χ2v) is 3.61. The molecule has 0 spiro atoms. The maximum absolute atomic E-state index is 5.13. The lowest BCUT2D eigenvalue weighted by Gasteiger charge is -2.31. The van der Waals surface area contributed by atoms with E-state index in [-0.39, 0.29) is 0 Å². The molecular weight excluding hydrogens is 156 g/mol. The van der Waals surface area contributed by atoms with Gasteiger partial charge in [0.15, 0.2) is 5.11 Å². The van der Waals surface area contributed by atoms with E-state index in [0.717, 1.165) is 24.1 Å². The monoisotopic (exact) mass is 172 g/mol. The summed E-state index contributed by atoms with van der Waals surface area (Å²) in [7, 11) is 1.89. The first-order valence-electron chi connectivity index (χ1n) is 4.20. The first-order valence-corrected chi connectivity index (χ1v) is 4.61. The van der Waals surface area contributed by atoms with Gasteiger partial charge in [0.1, 0.15) is 0 Å². The molecule has 1 N–H and O–H groups in total. The first-order chi connectivity index (χ1) is 5.24. The lowest BCUT2D eigenvalue weighted by molar-refractivity contribution is 0.279. The second kappa shape index (κ2) is 3.90. The van der Waals surface area contributed by atoms with Gasteiger partial charge in [-0.05, 0) is 31.0 Å². The number of piperidine rings is 1. The molecule has 1 saturated heterocycles. The lowest BCUT2D eigenvalue weighted by atomic mass is 10.00. The Hall–Kier alpha value is -0.310. The molecule has 1 aliphatic rings. The Morgan fingerprint density at radius 2 is 2.00 bits per heavy atom. The molecule has 1 rings (SSSR count). The number of nitrogens with one attached hydrogen (secondary N) is 1. The summed E-state index contributed by atoms with van der Waals surface area (Å²) in [5.74, 6) is 0.880. The van der Waals surface area contributed by atoms with Gasteiger partial charge in [-0.2, -0.15) is 0 Å². The van der Waals surface area contributed by atoms with Crippen LogP contribution in [0.4, 0.5) is 0 Å². The van der Waals surface area contributed by atoms with E-state index < -0.39 is 0 Å². The fourth-order valence-electron chi connectivity index (χ4n) is 1.37. The Labute approximate surface area is 74.0 Å². The van der Waals surface area contributed by atoms with Crippen molar-refractivity contribution in [3.63, 3.8) is 0 Å². The molecular formula is C8H16N2S. The Kier molecular flexibility index (Phi) is 3.12. The molecule has 2 nitrogen and oxygen atoms in total. The maximum atomic E-state index is 5.13. The van der Waals surface area contributed by atoms with Crippen LogP contribution in [-0.2, 0) is 0 Å². The molecule has 0 saturated carbocycles. The van der Waals surface area contributed by atoms with Crippen molar-refractivity contribution in [3.8, 4) is 0 Å². The summed E-state index contributed by atoms with van der Waals surface area (Å²) in [5, 5.41) is 3.91. The number of rotatable bonds is 0. The highest BCUT2D eigenvalue weighted by molar-refractivity contribution is 7.80. The Balaban J connectivity index is 2.33. The van der Waals surface area contributed by atoms with E-state index in [0.29, 0.717) is 0 Å². The molecule has 0 aromatic rings. The highest BCUT2D eigenvalue weighted by atomic mass is 32.1. The van der Waals surface area contributed by atoms with Crippen molar-refractivity contribution < 1.29 is 0 Å². The Morgan fingerprint density at radius 3 is 2.45 bits per heavy atom. The van der Waals surface area contributed by atoms with Crippen molar-refractivity contribution in [2.75, 3.05) is 20.1 Å². The van der Waals surface area contributed by atoms with Gasteiger partial charge in [-0.3, -0.25) is 0 Å². The summed E-state index contributed by atoms with van der Waals surface area (Å²) in [6.07, 6.45) is 2.56. The zero-order valence-corrected chi connectivity index (χ0v) is 8.08. The average Bonchev–Trinajstić information content (AvgIpc) is 2.05. The van der Waals surface area contributed by atoms with Crippen LogP contribution in [0.3, 0.4) is 0 Å². The van der Waals surface area contributed by atoms with E-state index >= 15 is 0 Å². The van der Waals surface area contributed by atoms with Crippen LogP contribution in [0.2, 0.25) is 0 Å². The van der Waals surface area contributed by atoms with Gasteiger partial charge < -0.3 is 10.2 Å². The van der Waals surface area contributed by atoms with Crippen LogP contribution in [-0.4, -0.2) is 30.1 Å². The van der Waals surface area contributed by atoms with Gasteiger partial charge in [0.2, 0.25) is 0 Å². The highest BCUT2D eigenvalue weighted by Crippen LogP contribution is 2.15. The van der Waals surface area contributed by atoms with Crippen molar-refractivity contribution >= 4 is 17.3 Å². The smallest absolute Gasteiger partial charge is 0.168 e. The van der Waals surface area contributed by atoms with Crippen molar-refractivity contribution in [1.82, 2.24) is 10.2 Å². The molecule has 0 aromatic heterocycles. The van der Waals surface area contributed by atoms with E-state index in [9.17, 15) is 0 Å². The summed E-state index contributed by atoms with van der Waals surface area (Å²) in [5.41, 5.74) is 0. The molecule has 64 valence electrons. The number of thiocarbonyl (C=S) groups is 1. The Morgan fingerprint density at radius 1 is 1.45 bits per heavy atom. The van der Waals surface area contributed by atoms with Gasteiger partial charge in [-0.1, -0.05) is 6.92 Å². The third kappa shape index (κ3) is 2.33. The molecule has 0 bridgehead atoms. The quantitative estimate of drug-likeness (QED) is 0.553. The van der Waals surface area contributed by atoms with E-state index in [1.54, 1.807) is 0 Å². The van der Waals surface area contributed by atoms with E-state index in [4.69, 9.17) is 12.2 Å². The number of nitrogens with zero attached hydrogens (tertiary/aromatic N) is 1. The van der Waals surface area contributed by atoms with Gasteiger partial charge >= 0.3 is 0 Å². The van der Waals surface area contributed by atoms with Crippen molar-refractivity contribution in [2.45, 2.75) is 19.8 Å². The summed E-state index contributed by atoms with van der Waals surface area (Å²) in [6, 6.07) is 0. The standard InChI is InChI=1S/C8H16N2S/c1-7-3-5-10(6-4-7)8(11)9-2/h7H,3-6H2,1-2H3,(H,9,11). The Bertz CT molecular complexity index is 139. The van der Waals surface area contributed by atoms with E-state index in [1.807, 2.05) is 7.05 Å². The second-order valence-electron chi connectivity index (χ2n) is 3.22. The largest absolute Gasteiger partial charge is 0.366 e. The van der Waals surface area contributed by atoms with Crippen LogP contribution in [0.15, 0.2) is 0 Å². The predicted molar refractivity (Wildman–Crippen MR) is 51.6 cm³/mol. The third-order valence-corrected chi connectivity index (χ3v) is 2.75. The fraction of sp³-hybridized carbons (Fsp3) is 0.875. The molecule has 0 radical (unpaired) electrons. The van der Waals surface area contributed by atoms with Crippen LogP contribution < -0.4 is 5.32 Å². The fourth-order valence-corrected chi connectivity index (χ4v) is 1.55. The molecule has 1 fully saturated rings. The van der Waals surface area contributed by atoms with Crippen molar-refractivity contribution in [2.24, 2.45) is 5.92 Å². The first kappa shape index (κ1) is 8.78. The minimum absolute atomic E-state index is 0.880. The molecule has 1 heterocycles. The molecule has 0 amide bonds. The SMILES string of the molecule is CNC(=S)N1CCC(C)CC1. The van der Waals surface area contributed by atoms with Gasteiger partial charge in [-0.15, -0.1) is 0 Å². The minimum atomic E-state index is 0.880. The number of likely N-dealkylation sites (tertiary alicyclic amines) is 1. The van der Waals surface area contributed by atoms with Crippen molar-refractivity contribution in [1.29, 1.82) is 0 Å². The molecule has 11 heavy (non-hydrogen) atoms. The van der Waals surface area contributed by atoms with Crippen LogP contribution >= 0.6 is 12.2 Å². The van der Waals surface area contributed by atoms with Crippen molar-refractivity contribution in [3.05, 3.63) is 0 Å². The van der Waals surface area contributed by atoms with E-state index in [1.165, 1.54) is 12.8 Å². The lowest BCUT2D eigenvalue weighted by Crippen LogP contribution is -2.42. The molecule has 0 unspecified atom stereocenters. The van der Waals surface area contributed by atoms with Crippen LogP contribution in [0.1, 0.15) is 19.8 Å². The highest BCUT2D eigenvalue weighted by Gasteiger charge is 2.16. The summed E-state index contributed by atoms with van der Waals surface area (Å²) >= 11 is 5.13. The van der Waals surface area contributed by atoms with E-state index in [2.05, 4.69) is 17.1 Å².